The number of anilines is 1. The maximum absolute atomic E-state index is 10.9. The van der Waals surface area contributed by atoms with Crippen molar-refractivity contribution in [2.45, 2.75) is 24.8 Å². The summed E-state index contributed by atoms with van der Waals surface area (Å²) in [6.45, 7) is 0.895. The van der Waals surface area contributed by atoms with Gasteiger partial charge in [-0.25, -0.2) is 4.79 Å². The molecule has 1 aromatic rings. The number of carbonyl (C=O) groups is 1. The molecule has 4 nitrogen and oxygen atoms in total. The maximum atomic E-state index is 10.9. The minimum atomic E-state index is -0.954. The van der Waals surface area contributed by atoms with Gasteiger partial charge in [0, 0.05) is 19.1 Å². The van der Waals surface area contributed by atoms with Crippen LogP contribution in [0.4, 0.5) is 5.69 Å². The molecule has 0 bridgehead atoms. The van der Waals surface area contributed by atoms with Crippen LogP contribution < -0.4 is 4.90 Å². The fraction of sp³-hybridized carbons (Fsp3) is 0.533. The highest BCUT2D eigenvalue weighted by molar-refractivity contribution is 6.33. The topological polar surface area (TPSA) is 43.8 Å². The van der Waals surface area contributed by atoms with Gasteiger partial charge in [-0.15, -0.1) is 0 Å². The fourth-order valence-electron chi connectivity index (χ4n) is 2.81. The van der Waals surface area contributed by atoms with Gasteiger partial charge >= 0.3 is 5.97 Å². The van der Waals surface area contributed by atoms with E-state index in [1.165, 1.54) is 25.3 Å². The van der Waals surface area contributed by atoms with Gasteiger partial charge in [0.05, 0.1) is 16.3 Å². The average Bonchev–Trinajstić information content (AvgIpc) is 2.32. The second kappa shape index (κ2) is 5.62. The van der Waals surface area contributed by atoms with E-state index >= 15 is 0 Å². The Kier molecular flexibility index (Phi) is 4.25. The van der Waals surface area contributed by atoms with Gasteiger partial charge in [0.15, 0.2) is 0 Å². The summed E-state index contributed by atoms with van der Waals surface area (Å²) < 4.78 is 0. The number of carboxylic acids is 1. The molecule has 0 saturated heterocycles. The monoisotopic (exact) mass is 296 g/mol. The van der Waals surface area contributed by atoms with Crippen LogP contribution in [0.1, 0.15) is 29.6 Å². The molecule has 20 heavy (non-hydrogen) atoms. The van der Waals surface area contributed by atoms with Gasteiger partial charge in [0.25, 0.3) is 0 Å². The van der Waals surface area contributed by atoms with Gasteiger partial charge in [0.2, 0.25) is 0 Å². The zero-order valence-corrected chi connectivity index (χ0v) is 12.9. The Bertz CT molecular complexity index is 513. The lowest BCUT2D eigenvalue weighted by Gasteiger charge is -2.49. The quantitative estimate of drug-likeness (QED) is 0.907. The van der Waals surface area contributed by atoms with Crippen LogP contribution in [0.15, 0.2) is 18.2 Å². The first-order chi connectivity index (χ1) is 9.35. The third kappa shape index (κ3) is 2.76. The van der Waals surface area contributed by atoms with Crippen LogP contribution in [0, 0.1) is 0 Å². The van der Waals surface area contributed by atoms with Crippen molar-refractivity contribution in [2.75, 3.05) is 32.6 Å². The molecule has 110 valence electrons. The molecular formula is C15H21ClN2O2. The minimum Gasteiger partial charge on any atom is -0.478 e. The molecule has 2 rings (SSSR count). The highest BCUT2D eigenvalue weighted by Crippen LogP contribution is 2.38. The summed E-state index contributed by atoms with van der Waals surface area (Å²) in [7, 11) is 6.23. The van der Waals surface area contributed by atoms with Gasteiger partial charge in [0.1, 0.15) is 0 Å². The predicted octanol–water partition coefficient (Wildman–Crippen LogP) is 2.96. The van der Waals surface area contributed by atoms with Crippen LogP contribution in [0.5, 0.6) is 0 Å². The Morgan fingerprint density at radius 2 is 2.00 bits per heavy atom. The summed E-state index contributed by atoms with van der Waals surface area (Å²) in [5.41, 5.74) is 1.31. The van der Waals surface area contributed by atoms with Crippen molar-refractivity contribution < 1.29 is 9.90 Å². The summed E-state index contributed by atoms with van der Waals surface area (Å²) >= 11 is 6.22. The molecule has 1 aliphatic carbocycles. The first-order valence-corrected chi connectivity index (χ1v) is 7.15. The Morgan fingerprint density at radius 1 is 1.35 bits per heavy atom. The lowest BCUT2D eigenvalue weighted by Crippen LogP contribution is -2.56. The Hall–Kier alpha value is -1.26. The second-order valence-electron chi connectivity index (χ2n) is 5.80. The van der Waals surface area contributed by atoms with Crippen LogP contribution >= 0.6 is 11.6 Å². The predicted molar refractivity (Wildman–Crippen MR) is 82.0 cm³/mol. The number of benzene rings is 1. The molecule has 1 aliphatic rings. The van der Waals surface area contributed by atoms with Crippen molar-refractivity contribution in [1.29, 1.82) is 0 Å². The van der Waals surface area contributed by atoms with Gasteiger partial charge in [-0.1, -0.05) is 11.6 Å². The Morgan fingerprint density at radius 3 is 2.40 bits per heavy atom. The largest absolute Gasteiger partial charge is 0.478 e. The summed E-state index contributed by atoms with van der Waals surface area (Å²) in [5, 5.41) is 9.45. The molecule has 1 N–H and O–H groups in total. The normalized spacial score (nSPS) is 16.9. The number of nitrogens with zero attached hydrogens (tertiary/aromatic N) is 2. The molecule has 1 aromatic carbocycles. The molecule has 0 aromatic heterocycles. The van der Waals surface area contributed by atoms with E-state index in [-0.39, 0.29) is 11.1 Å². The lowest BCUT2D eigenvalue weighted by atomic mass is 9.75. The number of likely N-dealkylation sites (N-methyl/N-ethyl adjacent to an activating group) is 2. The van der Waals surface area contributed by atoms with Crippen molar-refractivity contribution in [3.05, 3.63) is 28.8 Å². The first kappa shape index (κ1) is 15.1. The van der Waals surface area contributed by atoms with Crippen LogP contribution in [0.3, 0.4) is 0 Å². The molecular weight excluding hydrogens is 276 g/mol. The van der Waals surface area contributed by atoms with E-state index < -0.39 is 5.97 Å². The molecule has 5 heteroatoms. The summed E-state index contributed by atoms with van der Waals surface area (Å²) in [6, 6.07) is 4.90. The zero-order chi connectivity index (χ0) is 14.9. The van der Waals surface area contributed by atoms with Gasteiger partial charge in [-0.2, -0.15) is 0 Å². The molecule has 0 heterocycles. The van der Waals surface area contributed by atoms with Crippen molar-refractivity contribution in [3.8, 4) is 0 Å². The van der Waals surface area contributed by atoms with Crippen molar-refractivity contribution in [2.24, 2.45) is 0 Å². The van der Waals surface area contributed by atoms with Crippen molar-refractivity contribution >= 4 is 23.3 Å². The van der Waals surface area contributed by atoms with E-state index in [4.69, 9.17) is 16.7 Å². The van der Waals surface area contributed by atoms with Gasteiger partial charge in [-0.05, 0) is 51.6 Å². The van der Waals surface area contributed by atoms with E-state index in [9.17, 15) is 4.79 Å². The number of halogens is 1. The number of aromatic carboxylic acids is 1. The highest BCUT2D eigenvalue weighted by Gasteiger charge is 2.40. The third-order valence-corrected chi connectivity index (χ3v) is 4.67. The standard InChI is InChI=1S/C15H21ClN2O2/c1-17(2)15(7-4-8-15)10-18(3)13-6-5-11(14(19)20)9-12(13)16/h5-6,9H,4,7-8,10H2,1-3H3,(H,19,20). The Labute approximate surface area is 124 Å². The summed E-state index contributed by atoms with van der Waals surface area (Å²) in [5.74, 6) is -0.954. The Balaban J connectivity index is 2.17. The van der Waals surface area contributed by atoms with E-state index in [2.05, 4.69) is 23.9 Å². The van der Waals surface area contributed by atoms with Crippen LogP contribution in [-0.4, -0.2) is 49.2 Å². The molecule has 0 amide bonds. The number of rotatable bonds is 5. The minimum absolute atomic E-state index is 0.212. The lowest BCUT2D eigenvalue weighted by molar-refractivity contribution is 0.0682. The molecule has 0 atom stereocenters. The number of carboxylic acid groups (broad SMARTS) is 1. The maximum Gasteiger partial charge on any atom is 0.335 e. The van der Waals surface area contributed by atoms with Crippen LogP contribution in [0.2, 0.25) is 5.02 Å². The molecule has 1 fully saturated rings. The number of hydrogen-bond acceptors (Lipinski definition) is 3. The fourth-order valence-corrected chi connectivity index (χ4v) is 3.13. The van der Waals surface area contributed by atoms with E-state index in [0.717, 1.165) is 12.2 Å². The first-order valence-electron chi connectivity index (χ1n) is 6.77. The van der Waals surface area contributed by atoms with E-state index in [1.54, 1.807) is 12.1 Å². The van der Waals surface area contributed by atoms with E-state index in [1.807, 2.05) is 7.05 Å². The molecule has 0 unspecified atom stereocenters. The van der Waals surface area contributed by atoms with Gasteiger partial charge in [-0.3, -0.25) is 0 Å². The van der Waals surface area contributed by atoms with Gasteiger partial charge < -0.3 is 14.9 Å². The van der Waals surface area contributed by atoms with Crippen LogP contribution in [-0.2, 0) is 0 Å². The van der Waals surface area contributed by atoms with Crippen molar-refractivity contribution in [1.82, 2.24) is 4.90 Å². The average molecular weight is 297 g/mol. The SMILES string of the molecule is CN(CC1(N(C)C)CCC1)c1ccc(C(=O)O)cc1Cl. The molecule has 1 saturated carbocycles. The molecule has 0 aliphatic heterocycles. The summed E-state index contributed by atoms with van der Waals surface area (Å²) in [6.07, 6.45) is 3.64. The smallest absolute Gasteiger partial charge is 0.335 e. The van der Waals surface area contributed by atoms with Crippen molar-refractivity contribution in [3.63, 3.8) is 0 Å². The van der Waals surface area contributed by atoms with Crippen LogP contribution in [0.25, 0.3) is 0 Å². The summed E-state index contributed by atoms with van der Waals surface area (Å²) in [4.78, 5) is 15.3. The van der Waals surface area contributed by atoms with E-state index in [0.29, 0.717) is 5.02 Å². The number of hydrogen-bond donors (Lipinski definition) is 1. The third-order valence-electron chi connectivity index (χ3n) is 4.37. The second-order valence-corrected chi connectivity index (χ2v) is 6.21. The zero-order valence-electron chi connectivity index (χ0n) is 12.2. The highest BCUT2D eigenvalue weighted by atomic mass is 35.5. The molecule has 0 spiro atoms. The molecule has 0 radical (unpaired) electrons.